The fourth-order valence-electron chi connectivity index (χ4n) is 3.03. The van der Waals surface area contributed by atoms with Crippen molar-refractivity contribution in [1.82, 2.24) is 4.98 Å². The third-order valence-corrected chi connectivity index (χ3v) is 5.50. The van der Waals surface area contributed by atoms with Gasteiger partial charge in [0, 0.05) is 19.0 Å². The van der Waals surface area contributed by atoms with Crippen molar-refractivity contribution < 1.29 is 19.4 Å². The number of carbonyl (C=O) groups is 1. The number of nitrogens with one attached hydrogen (secondary N) is 1. The van der Waals surface area contributed by atoms with E-state index < -0.39 is 10.8 Å². The Labute approximate surface area is 172 Å². The van der Waals surface area contributed by atoms with Crippen molar-refractivity contribution in [2.45, 2.75) is 6.42 Å². The number of amides is 1. The molecule has 1 heterocycles. The highest BCUT2D eigenvalue weighted by atomic mass is 32.1. The lowest BCUT2D eigenvalue weighted by molar-refractivity contribution is -0.858. The Morgan fingerprint density at radius 2 is 2.00 bits per heavy atom. The molecule has 1 N–H and O–H groups in total. The van der Waals surface area contributed by atoms with E-state index in [4.69, 9.17) is 4.74 Å². The Morgan fingerprint density at radius 1 is 1.24 bits per heavy atom. The molecular formula is C20H23N4O4S+. The Balaban J connectivity index is 2.03. The number of carbonyl (C=O) groups excluding carboxylic acids is 1. The predicted octanol–water partition coefficient (Wildman–Crippen LogP) is 2.39. The lowest BCUT2D eigenvalue weighted by Gasteiger charge is -2.20. The number of aromatic nitrogens is 1. The van der Waals surface area contributed by atoms with Gasteiger partial charge in [-0.2, -0.15) is 0 Å². The number of para-hydroxylation sites is 2. The standard InChI is InChI=1S/C20H22N4O4S/c1-22(2)12-7-13-23(19(25)14-8-4-5-9-15(14)24(26)27)20-21-18-16(28-3)10-6-11-17(18)29-20/h4-6,8-11H,7,12-13H2,1-3H3/p+1. The van der Waals surface area contributed by atoms with Gasteiger partial charge >= 0.3 is 0 Å². The highest BCUT2D eigenvalue weighted by Crippen LogP contribution is 2.35. The zero-order valence-corrected chi connectivity index (χ0v) is 17.4. The van der Waals surface area contributed by atoms with Crippen molar-refractivity contribution in [2.24, 2.45) is 0 Å². The van der Waals surface area contributed by atoms with Gasteiger partial charge in [-0.05, 0) is 18.2 Å². The molecule has 29 heavy (non-hydrogen) atoms. The van der Waals surface area contributed by atoms with E-state index in [0.29, 0.717) is 22.9 Å². The summed E-state index contributed by atoms with van der Waals surface area (Å²) in [6, 6.07) is 11.6. The summed E-state index contributed by atoms with van der Waals surface area (Å²) in [5.74, 6) is 0.199. The van der Waals surface area contributed by atoms with Crippen molar-refractivity contribution >= 4 is 38.3 Å². The molecule has 0 radical (unpaired) electrons. The van der Waals surface area contributed by atoms with Gasteiger partial charge in [-0.3, -0.25) is 19.8 Å². The second-order valence-electron chi connectivity index (χ2n) is 6.85. The van der Waals surface area contributed by atoms with Gasteiger partial charge in [0.2, 0.25) is 0 Å². The molecule has 0 aliphatic heterocycles. The number of nitro groups is 1. The maximum absolute atomic E-state index is 13.3. The summed E-state index contributed by atoms with van der Waals surface area (Å²) < 4.78 is 6.26. The van der Waals surface area contributed by atoms with Crippen LogP contribution < -0.4 is 14.5 Å². The first-order chi connectivity index (χ1) is 13.9. The number of benzene rings is 2. The van der Waals surface area contributed by atoms with Crippen molar-refractivity contribution in [2.75, 3.05) is 39.2 Å². The second kappa shape index (κ2) is 8.97. The van der Waals surface area contributed by atoms with Gasteiger partial charge in [0.05, 0.1) is 37.4 Å². The highest BCUT2D eigenvalue weighted by Gasteiger charge is 2.27. The van der Waals surface area contributed by atoms with Gasteiger partial charge in [-0.25, -0.2) is 4.98 Å². The van der Waals surface area contributed by atoms with E-state index in [2.05, 4.69) is 4.98 Å². The lowest BCUT2D eigenvalue weighted by atomic mass is 10.1. The largest absolute Gasteiger partial charge is 0.494 e. The average molecular weight is 415 g/mol. The molecule has 0 unspecified atom stereocenters. The first-order valence-corrected chi connectivity index (χ1v) is 10.0. The Bertz CT molecular complexity index is 1030. The van der Waals surface area contributed by atoms with Gasteiger partial charge in [0.25, 0.3) is 11.6 Å². The maximum atomic E-state index is 13.3. The number of fused-ring (bicyclic) bond motifs is 1. The van der Waals surface area contributed by atoms with Crippen LogP contribution in [0.25, 0.3) is 10.2 Å². The third-order valence-electron chi connectivity index (χ3n) is 4.46. The van der Waals surface area contributed by atoms with Crippen LogP contribution in [0.2, 0.25) is 0 Å². The zero-order chi connectivity index (χ0) is 21.0. The summed E-state index contributed by atoms with van der Waals surface area (Å²) in [6.45, 7) is 1.27. The molecule has 1 amide bonds. The van der Waals surface area contributed by atoms with E-state index in [9.17, 15) is 14.9 Å². The molecule has 152 valence electrons. The van der Waals surface area contributed by atoms with Crippen LogP contribution in [0.1, 0.15) is 16.8 Å². The molecule has 0 atom stereocenters. The number of quaternary nitrogens is 1. The molecule has 0 fully saturated rings. The summed E-state index contributed by atoms with van der Waals surface area (Å²) in [7, 11) is 5.65. The van der Waals surface area contributed by atoms with Crippen LogP contribution in [-0.4, -0.2) is 50.1 Å². The van der Waals surface area contributed by atoms with Crippen LogP contribution in [0.5, 0.6) is 5.75 Å². The normalized spacial score (nSPS) is 11.0. The van der Waals surface area contributed by atoms with E-state index in [1.54, 1.807) is 19.2 Å². The van der Waals surface area contributed by atoms with E-state index in [1.165, 1.54) is 33.3 Å². The molecule has 0 saturated heterocycles. The molecule has 0 bridgehead atoms. The summed E-state index contributed by atoms with van der Waals surface area (Å²) in [4.78, 5) is 31.6. The number of hydrogen-bond acceptors (Lipinski definition) is 6. The number of rotatable bonds is 8. The summed E-state index contributed by atoms with van der Waals surface area (Å²) in [6.07, 6.45) is 0.738. The Morgan fingerprint density at radius 3 is 2.69 bits per heavy atom. The summed E-state index contributed by atoms with van der Waals surface area (Å²) in [5, 5.41) is 11.9. The smallest absolute Gasteiger partial charge is 0.282 e. The average Bonchev–Trinajstić information content (AvgIpc) is 3.14. The topological polar surface area (TPSA) is 90.0 Å². The van der Waals surface area contributed by atoms with Gasteiger partial charge in [0.15, 0.2) is 5.13 Å². The highest BCUT2D eigenvalue weighted by molar-refractivity contribution is 7.22. The molecule has 3 aromatic rings. The number of thiazole rings is 1. The molecule has 2 aromatic carbocycles. The predicted molar refractivity (Wildman–Crippen MR) is 113 cm³/mol. The van der Waals surface area contributed by atoms with Crippen molar-refractivity contribution in [1.29, 1.82) is 0 Å². The molecule has 1 aromatic heterocycles. The molecule has 0 saturated carbocycles. The minimum Gasteiger partial charge on any atom is -0.494 e. The monoisotopic (exact) mass is 415 g/mol. The first kappa shape index (κ1) is 20.7. The number of hydrogen-bond donors (Lipinski definition) is 1. The quantitative estimate of drug-likeness (QED) is 0.451. The molecular weight excluding hydrogens is 392 g/mol. The van der Waals surface area contributed by atoms with Crippen molar-refractivity contribution in [3.8, 4) is 5.75 Å². The molecule has 3 rings (SSSR count). The first-order valence-electron chi connectivity index (χ1n) is 9.20. The molecule has 0 aliphatic rings. The Hall–Kier alpha value is -3.04. The zero-order valence-electron chi connectivity index (χ0n) is 16.5. The summed E-state index contributed by atoms with van der Waals surface area (Å²) >= 11 is 1.37. The number of nitrogens with zero attached hydrogens (tertiary/aromatic N) is 3. The van der Waals surface area contributed by atoms with Crippen LogP contribution in [-0.2, 0) is 0 Å². The van der Waals surface area contributed by atoms with E-state index in [1.807, 2.05) is 32.3 Å². The minimum atomic E-state index is -0.531. The Kier molecular flexibility index (Phi) is 6.40. The minimum absolute atomic E-state index is 0.0564. The van der Waals surface area contributed by atoms with E-state index in [0.717, 1.165) is 17.7 Å². The third kappa shape index (κ3) is 4.52. The second-order valence-corrected chi connectivity index (χ2v) is 7.85. The fourth-order valence-corrected chi connectivity index (χ4v) is 4.03. The van der Waals surface area contributed by atoms with Crippen LogP contribution in [0.15, 0.2) is 42.5 Å². The van der Waals surface area contributed by atoms with Crippen LogP contribution in [0.3, 0.4) is 0 Å². The fraction of sp³-hybridized carbons (Fsp3) is 0.300. The number of methoxy groups -OCH3 is 1. The molecule has 0 spiro atoms. The van der Waals surface area contributed by atoms with Crippen molar-refractivity contribution in [3.05, 3.63) is 58.1 Å². The molecule has 8 nitrogen and oxygen atoms in total. The van der Waals surface area contributed by atoms with Gasteiger partial charge in [-0.15, -0.1) is 0 Å². The number of nitro benzene ring substituents is 1. The summed E-state index contributed by atoms with van der Waals surface area (Å²) in [5.41, 5.74) is 0.522. The SMILES string of the molecule is COc1cccc2sc(N(CCC[NH+](C)C)C(=O)c3ccccc3[N+](=O)[O-])nc12. The number of ether oxygens (including phenoxy) is 1. The van der Waals surface area contributed by atoms with Crippen molar-refractivity contribution in [3.63, 3.8) is 0 Å². The van der Waals surface area contributed by atoms with Gasteiger partial charge in [0.1, 0.15) is 16.8 Å². The van der Waals surface area contributed by atoms with Crippen LogP contribution in [0, 0.1) is 10.1 Å². The van der Waals surface area contributed by atoms with Crippen LogP contribution in [0.4, 0.5) is 10.8 Å². The van der Waals surface area contributed by atoms with E-state index in [-0.39, 0.29) is 11.3 Å². The van der Waals surface area contributed by atoms with Gasteiger partial charge in [-0.1, -0.05) is 29.5 Å². The number of anilines is 1. The van der Waals surface area contributed by atoms with Gasteiger partial charge < -0.3 is 9.64 Å². The van der Waals surface area contributed by atoms with Crippen LogP contribution >= 0.6 is 11.3 Å². The lowest BCUT2D eigenvalue weighted by Crippen LogP contribution is -3.05. The molecule has 0 aliphatic carbocycles. The molecule has 9 heteroatoms. The van der Waals surface area contributed by atoms with E-state index >= 15 is 0 Å². The maximum Gasteiger partial charge on any atom is 0.282 e.